The van der Waals surface area contributed by atoms with Crippen molar-refractivity contribution in [1.82, 2.24) is 19.8 Å². The zero-order valence-electron chi connectivity index (χ0n) is 7.30. The van der Waals surface area contributed by atoms with Crippen LogP contribution < -0.4 is 5.73 Å². The Kier molecular flexibility index (Phi) is 2.64. The first-order valence-corrected chi connectivity index (χ1v) is 5.51. The van der Waals surface area contributed by atoms with Crippen LogP contribution in [0, 0.1) is 6.92 Å². The Labute approximate surface area is 88.1 Å². The highest BCUT2D eigenvalue weighted by atomic mass is 32.2. The minimum atomic E-state index is 0.523. The van der Waals surface area contributed by atoms with Crippen molar-refractivity contribution in [1.29, 1.82) is 0 Å². The molecule has 8 heteroatoms. The fourth-order valence-electron chi connectivity index (χ4n) is 0.782. The number of hydrogen-bond acceptors (Lipinski definition) is 8. The van der Waals surface area contributed by atoms with E-state index in [1.807, 2.05) is 0 Å². The number of aromatic nitrogens is 4. The number of thioether (sulfide) groups is 1. The van der Waals surface area contributed by atoms with Gasteiger partial charge in [-0.1, -0.05) is 16.3 Å². The first-order chi connectivity index (χ1) is 6.75. The maximum absolute atomic E-state index is 5.62. The molecule has 0 saturated carbocycles. The summed E-state index contributed by atoms with van der Waals surface area (Å²) in [7, 11) is 0. The highest BCUT2D eigenvalue weighted by molar-refractivity contribution is 7.98. The van der Waals surface area contributed by atoms with Gasteiger partial charge in [-0.15, -0.1) is 15.3 Å². The van der Waals surface area contributed by atoms with Gasteiger partial charge in [-0.2, -0.15) is 0 Å². The summed E-state index contributed by atoms with van der Waals surface area (Å²) in [6.45, 7) is 1.75. The Morgan fingerprint density at radius 3 is 2.86 bits per heavy atom. The standard InChI is InChI=1S/C6H7N5OS2/c1-3-8-10-6(12-3)13-2-4-5(7)14-11-9-4/h2,7H2,1H3. The zero-order valence-corrected chi connectivity index (χ0v) is 8.93. The molecule has 0 saturated heterocycles. The number of anilines is 1. The smallest absolute Gasteiger partial charge is 0.276 e. The van der Waals surface area contributed by atoms with E-state index in [1.165, 1.54) is 23.3 Å². The molecule has 0 unspecified atom stereocenters. The zero-order chi connectivity index (χ0) is 9.97. The topological polar surface area (TPSA) is 90.7 Å². The van der Waals surface area contributed by atoms with E-state index in [0.717, 1.165) is 5.69 Å². The Hall–Kier alpha value is -1.15. The molecule has 2 N–H and O–H groups in total. The summed E-state index contributed by atoms with van der Waals surface area (Å²) in [5, 5.41) is 12.6. The molecule has 0 fully saturated rings. The van der Waals surface area contributed by atoms with Crippen molar-refractivity contribution in [2.45, 2.75) is 17.9 Å². The van der Waals surface area contributed by atoms with E-state index in [2.05, 4.69) is 19.8 Å². The summed E-state index contributed by atoms with van der Waals surface area (Å²) in [5.74, 6) is 1.15. The van der Waals surface area contributed by atoms with E-state index >= 15 is 0 Å². The summed E-state index contributed by atoms with van der Waals surface area (Å²) in [5.41, 5.74) is 6.38. The molecule has 0 amide bonds. The minimum absolute atomic E-state index is 0.523. The van der Waals surface area contributed by atoms with Crippen molar-refractivity contribution in [2.24, 2.45) is 0 Å². The average Bonchev–Trinajstić information content (AvgIpc) is 2.72. The summed E-state index contributed by atoms with van der Waals surface area (Å²) in [4.78, 5) is 0. The van der Waals surface area contributed by atoms with Crippen molar-refractivity contribution in [3.63, 3.8) is 0 Å². The van der Waals surface area contributed by atoms with E-state index in [4.69, 9.17) is 10.2 Å². The predicted molar refractivity (Wildman–Crippen MR) is 52.9 cm³/mol. The fraction of sp³-hybridized carbons (Fsp3) is 0.333. The van der Waals surface area contributed by atoms with E-state index in [-0.39, 0.29) is 0 Å². The van der Waals surface area contributed by atoms with Gasteiger partial charge in [-0.25, -0.2) is 0 Å². The van der Waals surface area contributed by atoms with Gasteiger partial charge in [0.05, 0.1) is 5.75 Å². The van der Waals surface area contributed by atoms with Gasteiger partial charge in [0, 0.05) is 18.5 Å². The van der Waals surface area contributed by atoms with E-state index < -0.39 is 0 Å². The lowest BCUT2D eigenvalue weighted by Gasteiger charge is -1.92. The molecule has 0 bridgehead atoms. The largest absolute Gasteiger partial charge is 0.416 e. The molecule has 0 atom stereocenters. The van der Waals surface area contributed by atoms with Gasteiger partial charge in [0.15, 0.2) is 0 Å². The number of nitrogens with two attached hydrogens (primary N) is 1. The van der Waals surface area contributed by atoms with Gasteiger partial charge in [0.2, 0.25) is 5.89 Å². The summed E-state index contributed by atoms with van der Waals surface area (Å²) in [6, 6.07) is 0. The van der Waals surface area contributed by atoms with Crippen LogP contribution in [-0.2, 0) is 5.75 Å². The maximum atomic E-state index is 5.62. The first-order valence-electron chi connectivity index (χ1n) is 3.75. The molecular weight excluding hydrogens is 222 g/mol. The molecular formula is C6H7N5OS2. The quantitative estimate of drug-likeness (QED) is 0.788. The second-order valence-electron chi connectivity index (χ2n) is 2.46. The van der Waals surface area contributed by atoms with Gasteiger partial charge >= 0.3 is 0 Å². The molecule has 6 nitrogen and oxygen atoms in total. The Morgan fingerprint density at radius 1 is 1.43 bits per heavy atom. The summed E-state index contributed by atoms with van der Waals surface area (Å²) >= 11 is 2.58. The Morgan fingerprint density at radius 2 is 2.29 bits per heavy atom. The van der Waals surface area contributed by atoms with Gasteiger partial charge in [-0.05, 0) is 0 Å². The lowest BCUT2D eigenvalue weighted by atomic mass is 10.5. The van der Waals surface area contributed by atoms with Crippen LogP contribution in [0.3, 0.4) is 0 Å². The first kappa shape index (κ1) is 9.41. The van der Waals surface area contributed by atoms with Crippen LogP contribution in [0.2, 0.25) is 0 Å². The van der Waals surface area contributed by atoms with Crippen LogP contribution in [0.1, 0.15) is 11.6 Å². The molecule has 0 aliphatic rings. The number of nitrogen functional groups attached to an aromatic ring is 1. The molecule has 0 aliphatic heterocycles. The van der Waals surface area contributed by atoms with Crippen LogP contribution in [0.25, 0.3) is 0 Å². The van der Waals surface area contributed by atoms with Gasteiger partial charge in [0.25, 0.3) is 5.22 Å². The molecule has 2 heterocycles. The molecule has 74 valence electrons. The number of aryl methyl sites for hydroxylation is 1. The second kappa shape index (κ2) is 3.93. The van der Waals surface area contributed by atoms with Crippen molar-refractivity contribution in [3.05, 3.63) is 11.6 Å². The number of hydrogen-bond donors (Lipinski definition) is 1. The van der Waals surface area contributed by atoms with E-state index in [9.17, 15) is 0 Å². The third-order valence-corrected chi connectivity index (χ3v) is 2.85. The van der Waals surface area contributed by atoms with Crippen molar-refractivity contribution < 1.29 is 4.42 Å². The maximum Gasteiger partial charge on any atom is 0.276 e. The highest BCUT2D eigenvalue weighted by Crippen LogP contribution is 2.24. The number of rotatable bonds is 3. The lowest BCUT2D eigenvalue weighted by Crippen LogP contribution is -1.88. The molecule has 0 spiro atoms. The molecule has 2 aromatic heterocycles. The second-order valence-corrected chi connectivity index (χ2v) is 4.17. The number of nitrogens with zero attached hydrogens (tertiary/aromatic N) is 4. The van der Waals surface area contributed by atoms with Crippen LogP contribution >= 0.6 is 23.3 Å². The average molecular weight is 229 g/mol. The Balaban J connectivity index is 1.98. The molecule has 0 aromatic carbocycles. The van der Waals surface area contributed by atoms with Gasteiger partial charge in [-0.3, -0.25) is 0 Å². The van der Waals surface area contributed by atoms with Crippen LogP contribution in [0.5, 0.6) is 0 Å². The third-order valence-electron chi connectivity index (χ3n) is 1.42. The van der Waals surface area contributed by atoms with Gasteiger partial charge in [0.1, 0.15) is 10.7 Å². The SMILES string of the molecule is Cc1nnc(SCc2nnsc2N)o1. The van der Waals surface area contributed by atoms with Crippen LogP contribution in [-0.4, -0.2) is 19.8 Å². The van der Waals surface area contributed by atoms with E-state index in [0.29, 0.717) is 21.9 Å². The molecule has 2 rings (SSSR count). The van der Waals surface area contributed by atoms with Crippen molar-refractivity contribution in [2.75, 3.05) is 5.73 Å². The summed E-state index contributed by atoms with van der Waals surface area (Å²) in [6.07, 6.45) is 0. The van der Waals surface area contributed by atoms with Crippen LogP contribution in [0.15, 0.2) is 9.64 Å². The summed E-state index contributed by atoms with van der Waals surface area (Å²) < 4.78 is 8.90. The molecule has 14 heavy (non-hydrogen) atoms. The molecule has 2 aromatic rings. The lowest BCUT2D eigenvalue weighted by molar-refractivity contribution is 0.429. The van der Waals surface area contributed by atoms with Crippen molar-refractivity contribution >= 4 is 28.3 Å². The predicted octanol–water partition coefficient (Wildman–Crippen LogP) is 1.10. The fourth-order valence-corrected chi connectivity index (χ4v) is 2.07. The normalized spacial score (nSPS) is 10.6. The van der Waals surface area contributed by atoms with Crippen LogP contribution in [0.4, 0.5) is 5.00 Å². The minimum Gasteiger partial charge on any atom is -0.416 e. The Bertz CT molecular complexity index is 425. The van der Waals surface area contributed by atoms with E-state index in [1.54, 1.807) is 6.92 Å². The highest BCUT2D eigenvalue weighted by Gasteiger charge is 2.08. The van der Waals surface area contributed by atoms with Crippen molar-refractivity contribution in [3.8, 4) is 0 Å². The molecule has 0 aliphatic carbocycles. The monoisotopic (exact) mass is 229 g/mol. The molecule has 0 radical (unpaired) electrons. The third kappa shape index (κ3) is 2.02. The van der Waals surface area contributed by atoms with Gasteiger partial charge < -0.3 is 10.2 Å².